The highest BCUT2D eigenvalue weighted by Crippen LogP contribution is 2.50. The van der Waals surface area contributed by atoms with E-state index in [2.05, 4.69) is 33.8 Å². The van der Waals surface area contributed by atoms with Crippen LogP contribution in [-0.2, 0) is 40.4 Å². The lowest BCUT2D eigenvalue weighted by atomic mass is 9.85. The third-order valence-corrected chi connectivity index (χ3v) is 14.2. The summed E-state index contributed by atoms with van der Waals surface area (Å²) < 4.78 is 42.5. The van der Waals surface area contributed by atoms with Crippen molar-refractivity contribution in [2.45, 2.75) is 167 Å². The van der Waals surface area contributed by atoms with Crippen molar-refractivity contribution < 1.29 is 41.9 Å². The van der Waals surface area contributed by atoms with E-state index in [9.17, 15) is 32.4 Å². The molecule has 338 valence electrons. The largest absolute Gasteiger partial charge is 0.459 e. The van der Waals surface area contributed by atoms with Gasteiger partial charge in [0, 0.05) is 24.7 Å². The molecule has 4 aliphatic rings. The monoisotopic (exact) mass is 869 g/mol. The number of rotatable bonds is 18. The van der Waals surface area contributed by atoms with Crippen molar-refractivity contribution in [3.63, 3.8) is 0 Å². The van der Waals surface area contributed by atoms with Gasteiger partial charge in [0.1, 0.15) is 35.0 Å². The maximum atomic E-state index is 14.8. The van der Waals surface area contributed by atoms with Crippen LogP contribution in [0.2, 0.25) is 0 Å². The van der Waals surface area contributed by atoms with Gasteiger partial charge in [0.05, 0.1) is 16.9 Å². The molecule has 0 unspecified atom stereocenters. The Morgan fingerprint density at radius 3 is 2.28 bits per heavy atom. The van der Waals surface area contributed by atoms with Crippen LogP contribution in [0.1, 0.15) is 138 Å². The average molecular weight is 870 g/mol. The van der Waals surface area contributed by atoms with Gasteiger partial charge in [-0.1, -0.05) is 52.3 Å². The van der Waals surface area contributed by atoms with Crippen molar-refractivity contribution in [2.75, 3.05) is 13.1 Å². The summed E-state index contributed by atoms with van der Waals surface area (Å²) in [7, 11) is -4.08. The molecule has 5 rings (SSSR count). The molecule has 0 bridgehead atoms. The van der Waals surface area contributed by atoms with Crippen molar-refractivity contribution in [2.24, 2.45) is 11.3 Å². The van der Waals surface area contributed by atoms with Gasteiger partial charge < -0.3 is 30.3 Å². The van der Waals surface area contributed by atoms with Crippen LogP contribution in [-0.4, -0.2) is 99.8 Å². The molecule has 61 heavy (non-hydrogen) atoms. The summed E-state index contributed by atoms with van der Waals surface area (Å²) in [5.74, 6) is -2.64. The van der Waals surface area contributed by atoms with Crippen molar-refractivity contribution >= 4 is 45.3 Å². The standard InChI is InChI=1S/C44H67N7O9S/c1-12-15-20-43(21-22-43)61(57,58)49-38(55)44(25-28(44)14-3)48-36(53)32-24-29(26-50(32)37(54)34(41(6,7)8)47-40(56)60-42(9,10)11)59-39-46-33-30(35(52)45-23-16-13-2)18-17-19-31(33)51(39)27(4)5/h12-13,18,27-29,32,34H,1-2,14-17,19-26H2,3-11H3,(H,45,52)(H,47,56)(H,48,53)(H,49,55)/t28-,29-,32+,34-,44-/m1/s1. The zero-order chi connectivity index (χ0) is 45.3. The molecule has 4 N–H and O–H groups in total. The second-order valence-corrected chi connectivity index (χ2v) is 21.4. The third kappa shape index (κ3) is 10.3. The number of nitrogens with zero attached hydrogens (tertiary/aromatic N) is 3. The Hall–Kier alpha value is -4.67. The number of sulfonamides is 1. The number of ether oxygens (including phenoxy) is 2. The molecule has 0 spiro atoms. The number of allylic oxidation sites excluding steroid dienone is 2. The maximum Gasteiger partial charge on any atom is 0.408 e. The maximum absolute atomic E-state index is 14.8. The zero-order valence-corrected chi connectivity index (χ0v) is 38.3. The number of amides is 5. The van der Waals surface area contributed by atoms with E-state index in [-0.39, 0.29) is 43.3 Å². The van der Waals surface area contributed by atoms with E-state index in [0.29, 0.717) is 69.2 Å². The Morgan fingerprint density at radius 2 is 1.72 bits per heavy atom. The molecule has 1 saturated heterocycles. The molecule has 3 fully saturated rings. The summed E-state index contributed by atoms with van der Waals surface area (Å²) >= 11 is 0. The van der Waals surface area contributed by atoms with E-state index in [4.69, 9.17) is 14.5 Å². The Labute approximate surface area is 361 Å². The van der Waals surface area contributed by atoms with Gasteiger partial charge in [-0.25, -0.2) is 13.2 Å². The molecule has 0 aromatic carbocycles. The molecule has 5 atom stereocenters. The van der Waals surface area contributed by atoms with Crippen LogP contribution in [0.25, 0.3) is 5.57 Å². The van der Waals surface area contributed by atoms with E-state index in [1.807, 2.05) is 31.4 Å². The predicted octanol–water partition coefficient (Wildman–Crippen LogP) is 5.00. The summed E-state index contributed by atoms with van der Waals surface area (Å²) in [5, 5.41) is 8.55. The zero-order valence-electron chi connectivity index (χ0n) is 37.4. The van der Waals surface area contributed by atoms with Crippen molar-refractivity contribution in [3.05, 3.63) is 42.8 Å². The minimum absolute atomic E-state index is 0.0152. The topological polar surface area (TPSA) is 207 Å². The Balaban J connectivity index is 1.47. The van der Waals surface area contributed by atoms with E-state index >= 15 is 0 Å². The van der Waals surface area contributed by atoms with Crippen LogP contribution in [0.3, 0.4) is 0 Å². The number of imidazole rings is 1. The van der Waals surface area contributed by atoms with Crippen LogP contribution in [0.5, 0.6) is 6.01 Å². The predicted molar refractivity (Wildman–Crippen MR) is 232 cm³/mol. The van der Waals surface area contributed by atoms with Crippen LogP contribution in [0, 0.1) is 11.3 Å². The molecule has 1 aliphatic heterocycles. The molecule has 1 aromatic rings. The van der Waals surface area contributed by atoms with Gasteiger partial charge in [0.2, 0.25) is 21.8 Å². The molecule has 2 heterocycles. The Bertz CT molecular complexity index is 2040. The molecule has 3 aliphatic carbocycles. The van der Waals surface area contributed by atoms with E-state index in [0.717, 1.165) is 5.69 Å². The highest BCUT2D eigenvalue weighted by molar-refractivity contribution is 7.91. The minimum atomic E-state index is -4.08. The number of alkyl carbamates (subject to hydrolysis) is 1. The van der Waals surface area contributed by atoms with E-state index in [1.54, 1.807) is 53.7 Å². The van der Waals surface area contributed by atoms with Gasteiger partial charge in [0.25, 0.3) is 17.8 Å². The number of hydrogen-bond acceptors (Lipinski definition) is 10. The number of carbonyl (C=O) groups is 5. The van der Waals surface area contributed by atoms with Gasteiger partial charge in [-0.3, -0.25) is 28.5 Å². The highest BCUT2D eigenvalue weighted by Gasteiger charge is 2.64. The fraction of sp³-hybridized carbons (Fsp3) is 0.682. The molecular weight excluding hydrogens is 803 g/mol. The fourth-order valence-corrected chi connectivity index (χ4v) is 10.1. The first-order valence-corrected chi connectivity index (χ1v) is 23.1. The number of likely N-dealkylation sites (tertiary alicyclic amines) is 1. The van der Waals surface area contributed by atoms with Gasteiger partial charge in [-0.2, -0.15) is 4.98 Å². The molecule has 0 radical (unpaired) electrons. The van der Waals surface area contributed by atoms with Gasteiger partial charge in [0.15, 0.2) is 0 Å². The average Bonchev–Trinajstić information content (AvgIpc) is 4.02. The quantitative estimate of drug-likeness (QED) is 0.115. The molecular formula is C44H67N7O9S. The summed E-state index contributed by atoms with van der Waals surface area (Å²) in [5.41, 5.74) is -1.45. The lowest BCUT2D eigenvalue weighted by Gasteiger charge is -2.36. The summed E-state index contributed by atoms with van der Waals surface area (Å²) in [6, 6.07) is -2.24. The fourth-order valence-electron chi connectivity index (χ4n) is 8.40. The number of hydrogen-bond donors (Lipinski definition) is 4. The normalized spacial score (nSPS) is 23.5. The second-order valence-electron chi connectivity index (χ2n) is 19.3. The first kappa shape index (κ1) is 47.4. The summed E-state index contributed by atoms with van der Waals surface area (Å²) in [4.78, 5) is 76.1. The Morgan fingerprint density at radius 1 is 1.05 bits per heavy atom. The van der Waals surface area contributed by atoms with E-state index < -0.39 is 73.3 Å². The first-order valence-electron chi connectivity index (χ1n) is 21.6. The number of aromatic nitrogens is 2. The lowest BCUT2D eigenvalue weighted by Crippen LogP contribution is -2.60. The third-order valence-electron chi connectivity index (χ3n) is 12.0. The van der Waals surface area contributed by atoms with Gasteiger partial charge in [-0.15, -0.1) is 13.2 Å². The first-order chi connectivity index (χ1) is 28.4. The highest BCUT2D eigenvalue weighted by atomic mass is 32.2. The summed E-state index contributed by atoms with van der Waals surface area (Å²) in [6.07, 6.45) is 7.83. The number of carbonyl (C=O) groups excluding carboxylic acids is 5. The van der Waals surface area contributed by atoms with Crippen LogP contribution in [0.4, 0.5) is 4.79 Å². The molecule has 2 saturated carbocycles. The minimum Gasteiger partial charge on any atom is -0.459 e. The second kappa shape index (κ2) is 18.0. The lowest BCUT2D eigenvalue weighted by molar-refractivity contribution is -0.143. The number of nitrogens with one attached hydrogen (secondary N) is 4. The van der Waals surface area contributed by atoms with Crippen molar-refractivity contribution in [1.82, 2.24) is 35.1 Å². The molecule has 5 amide bonds. The number of fused-ring (bicyclic) bond motifs is 1. The SMILES string of the molecule is C=CCCNC(=O)C1=CCCc2c1nc(O[C@@H]1C[C@@H](C(=O)N[C@]3(C(=O)NS(=O)(=O)C4(CCC=C)CC4)C[C@H]3CC)N(C(=O)[C@@H](NC(=O)OC(C)(C)C)C(C)(C)C)C1)n2C(C)C. The molecule has 1 aromatic heterocycles. The van der Waals surface area contributed by atoms with Gasteiger partial charge in [-0.05, 0) is 97.3 Å². The van der Waals surface area contributed by atoms with E-state index in [1.165, 1.54) is 4.90 Å². The summed E-state index contributed by atoms with van der Waals surface area (Å²) in [6.45, 7) is 24.1. The van der Waals surface area contributed by atoms with Crippen LogP contribution < -0.4 is 25.4 Å². The molecule has 16 nitrogen and oxygen atoms in total. The van der Waals surface area contributed by atoms with Crippen molar-refractivity contribution in [1.29, 1.82) is 0 Å². The Kier molecular flexibility index (Phi) is 14.0. The van der Waals surface area contributed by atoms with Crippen LogP contribution in [0.15, 0.2) is 31.4 Å². The smallest absolute Gasteiger partial charge is 0.408 e. The van der Waals surface area contributed by atoms with Gasteiger partial charge >= 0.3 is 6.09 Å². The van der Waals surface area contributed by atoms with Crippen molar-refractivity contribution in [3.8, 4) is 6.01 Å². The molecule has 17 heteroatoms. The van der Waals surface area contributed by atoms with Crippen LogP contribution >= 0.6 is 0 Å².